The third kappa shape index (κ3) is 3.38. The van der Waals surface area contributed by atoms with Crippen LogP contribution in [0.5, 0.6) is 0 Å². The fourth-order valence-electron chi connectivity index (χ4n) is 1.95. The lowest BCUT2D eigenvalue weighted by atomic mass is 10.2. The number of carboxylic acids is 1. The van der Waals surface area contributed by atoms with Crippen LogP contribution in [0, 0.1) is 0 Å². The number of piperazine rings is 1. The van der Waals surface area contributed by atoms with Crippen molar-refractivity contribution in [2.45, 2.75) is 44.9 Å². The highest BCUT2D eigenvalue weighted by atomic mass is 16.8. The van der Waals surface area contributed by atoms with Crippen LogP contribution in [0.15, 0.2) is 0 Å². The average molecular weight is 244 g/mol. The van der Waals surface area contributed by atoms with Crippen molar-refractivity contribution < 1.29 is 19.4 Å². The Morgan fingerprint density at radius 2 is 2.24 bits per heavy atom. The second-order valence-corrected chi connectivity index (χ2v) is 5.47. The van der Waals surface area contributed by atoms with E-state index in [1.165, 1.54) is 0 Å². The summed E-state index contributed by atoms with van der Waals surface area (Å²) in [5.41, 5.74) is -0.236. The van der Waals surface area contributed by atoms with E-state index in [0.29, 0.717) is 13.1 Å². The molecule has 0 aromatic heterocycles. The van der Waals surface area contributed by atoms with E-state index in [-0.39, 0.29) is 18.1 Å². The summed E-state index contributed by atoms with van der Waals surface area (Å²) in [4.78, 5) is 12.9. The van der Waals surface area contributed by atoms with Gasteiger partial charge in [0.1, 0.15) is 6.04 Å². The first kappa shape index (κ1) is 12.8. The first-order valence-electron chi connectivity index (χ1n) is 5.90. The van der Waals surface area contributed by atoms with E-state index in [0.717, 1.165) is 6.54 Å². The third-order valence-corrected chi connectivity index (χ3v) is 2.76. The zero-order valence-electron chi connectivity index (χ0n) is 10.5. The molecule has 0 aromatic carbocycles. The van der Waals surface area contributed by atoms with E-state index < -0.39 is 12.0 Å². The van der Waals surface area contributed by atoms with Gasteiger partial charge in [-0.3, -0.25) is 9.69 Å². The molecule has 0 aromatic rings. The molecule has 2 aliphatic rings. The standard InChI is InChI=1S/C11H20N2O4/c1-11(2,3)17-10-8(16-10)13-5-4-12-7(6-13)9(14)15/h7-8,10,12H,4-6H2,1-3H3,(H,14,15). The topological polar surface area (TPSA) is 74.3 Å². The molecule has 0 radical (unpaired) electrons. The van der Waals surface area contributed by atoms with Crippen molar-refractivity contribution in [3.05, 3.63) is 0 Å². The Balaban J connectivity index is 1.82. The summed E-state index contributed by atoms with van der Waals surface area (Å²) in [5, 5.41) is 11.9. The molecule has 17 heavy (non-hydrogen) atoms. The number of ether oxygens (including phenoxy) is 2. The fourth-order valence-corrected chi connectivity index (χ4v) is 1.95. The fraction of sp³-hybridized carbons (Fsp3) is 0.909. The maximum Gasteiger partial charge on any atom is 0.322 e. The van der Waals surface area contributed by atoms with Gasteiger partial charge in [0.25, 0.3) is 0 Å². The number of epoxide rings is 1. The highest BCUT2D eigenvalue weighted by Gasteiger charge is 2.48. The molecule has 0 bridgehead atoms. The Morgan fingerprint density at radius 3 is 2.82 bits per heavy atom. The zero-order valence-corrected chi connectivity index (χ0v) is 10.5. The summed E-state index contributed by atoms with van der Waals surface area (Å²) in [7, 11) is 0. The first-order chi connectivity index (χ1) is 7.87. The van der Waals surface area contributed by atoms with Gasteiger partial charge in [-0.25, -0.2) is 0 Å². The summed E-state index contributed by atoms with van der Waals surface area (Å²) < 4.78 is 11.1. The van der Waals surface area contributed by atoms with E-state index in [2.05, 4.69) is 5.32 Å². The normalized spacial score (nSPS) is 34.6. The van der Waals surface area contributed by atoms with Gasteiger partial charge in [0.05, 0.1) is 5.60 Å². The van der Waals surface area contributed by atoms with E-state index in [4.69, 9.17) is 14.6 Å². The maximum atomic E-state index is 10.9. The second-order valence-electron chi connectivity index (χ2n) is 5.47. The van der Waals surface area contributed by atoms with Crippen LogP contribution in [-0.2, 0) is 14.3 Å². The van der Waals surface area contributed by atoms with Gasteiger partial charge in [-0.05, 0) is 20.8 Å². The van der Waals surface area contributed by atoms with Crippen LogP contribution in [-0.4, -0.2) is 59.8 Å². The van der Waals surface area contributed by atoms with Crippen LogP contribution >= 0.6 is 0 Å². The molecule has 0 saturated carbocycles. The summed E-state index contributed by atoms with van der Waals surface area (Å²) in [6, 6.07) is -0.511. The molecule has 2 aliphatic heterocycles. The minimum atomic E-state index is -0.816. The van der Waals surface area contributed by atoms with Crippen LogP contribution in [0.2, 0.25) is 0 Å². The molecule has 3 atom stereocenters. The van der Waals surface area contributed by atoms with Crippen LogP contribution in [0.25, 0.3) is 0 Å². The Bertz CT molecular complexity index is 302. The minimum absolute atomic E-state index is 0.0850. The van der Waals surface area contributed by atoms with Crippen LogP contribution < -0.4 is 5.32 Å². The van der Waals surface area contributed by atoms with E-state index in [1.54, 1.807) is 0 Å². The molecule has 3 unspecified atom stereocenters. The van der Waals surface area contributed by atoms with Crippen LogP contribution in [0.4, 0.5) is 0 Å². The van der Waals surface area contributed by atoms with E-state index >= 15 is 0 Å². The van der Waals surface area contributed by atoms with Gasteiger partial charge in [-0.15, -0.1) is 0 Å². The highest BCUT2D eigenvalue weighted by Crippen LogP contribution is 2.31. The Labute approximate surface area is 101 Å². The quantitative estimate of drug-likeness (QED) is 0.672. The number of carbonyl (C=O) groups is 1. The smallest absolute Gasteiger partial charge is 0.322 e. The van der Waals surface area contributed by atoms with Gasteiger partial charge in [0.15, 0.2) is 12.5 Å². The van der Waals surface area contributed by atoms with Gasteiger partial charge in [-0.2, -0.15) is 0 Å². The molecule has 98 valence electrons. The number of hydrogen-bond donors (Lipinski definition) is 2. The molecule has 6 heteroatoms. The summed E-state index contributed by atoms with van der Waals surface area (Å²) in [5.74, 6) is -0.816. The summed E-state index contributed by atoms with van der Waals surface area (Å²) in [6.07, 6.45) is -0.305. The predicted octanol–water partition coefficient (Wildman–Crippen LogP) is -0.158. The van der Waals surface area contributed by atoms with Gasteiger partial charge in [-0.1, -0.05) is 0 Å². The molecule has 0 amide bonds. The van der Waals surface area contributed by atoms with E-state index in [9.17, 15) is 4.79 Å². The zero-order chi connectivity index (χ0) is 12.6. The van der Waals surface area contributed by atoms with Gasteiger partial charge in [0.2, 0.25) is 0 Å². The van der Waals surface area contributed by atoms with Crippen LogP contribution in [0.1, 0.15) is 20.8 Å². The van der Waals surface area contributed by atoms with Crippen molar-refractivity contribution >= 4 is 5.97 Å². The number of nitrogens with zero attached hydrogens (tertiary/aromatic N) is 1. The van der Waals surface area contributed by atoms with Gasteiger partial charge in [0, 0.05) is 19.6 Å². The minimum Gasteiger partial charge on any atom is -0.480 e. The predicted molar refractivity (Wildman–Crippen MR) is 60.5 cm³/mol. The number of rotatable bonds is 3. The van der Waals surface area contributed by atoms with E-state index in [1.807, 2.05) is 25.7 Å². The molecular weight excluding hydrogens is 224 g/mol. The number of carboxylic acid groups (broad SMARTS) is 1. The largest absolute Gasteiger partial charge is 0.480 e. The van der Waals surface area contributed by atoms with Crippen molar-refractivity contribution in [3.8, 4) is 0 Å². The molecule has 2 N–H and O–H groups in total. The molecular formula is C11H20N2O4. The number of aliphatic carboxylic acids is 1. The third-order valence-electron chi connectivity index (χ3n) is 2.76. The Morgan fingerprint density at radius 1 is 1.53 bits per heavy atom. The SMILES string of the molecule is CC(C)(C)OC1OC1N1CCNC(C(=O)O)C1. The summed E-state index contributed by atoms with van der Waals surface area (Å²) in [6.45, 7) is 7.85. The Kier molecular flexibility index (Phi) is 3.40. The lowest BCUT2D eigenvalue weighted by molar-refractivity contribution is -0.141. The molecule has 0 aliphatic carbocycles. The highest BCUT2D eigenvalue weighted by molar-refractivity contribution is 5.73. The number of nitrogens with one attached hydrogen (secondary N) is 1. The molecule has 2 saturated heterocycles. The van der Waals surface area contributed by atoms with Crippen molar-refractivity contribution in [3.63, 3.8) is 0 Å². The summed E-state index contributed by atoms with van der Waals surface area (Å²) >= 11 is 0. The van der Waals surface area contributed by atoms with Gasteiger partial charge >= 0.3 is 5.97 Å². The number of hydrogen-bond acceptors (Lipinski definition) is 5. The monoisotopic (exact) mass is 244 g/mol. The van der Waals surface area contributed by atoms with Crippen molar-refractivity contribution in [1.29, 1.82) is 0 Å². The second kappa shape index (κ2) is 4.53. The molecule has 2 fully saturated rings. The first-order valence-corrected chi connectivity index (χ1v) is 5.90. The molecule has 2 heterocycles. The van der Waals surface area contributed by atoms with Crippen molar-refractivity contribution in [2.24, 2.45) is 0 Å². The molecule has 0 spiro atoms. The molecule has 2 rings (SSSR count). The lowest BCUT2D eigenvalue weighted by Gasteiger charge is -2.30. The van der Waals surface area contributed by atoms with Crippen LogP contribution in [0.3, 0.4) is 0 Å². The Hall–Kier alpha value is -0.690. The average Bonchev–Trinajstić information content (AvgIpc) is 2.94. The maximum absolute atomic E-state index is 10.9. The van der Waals surface area contributed by atoms with Gasteiger partial charge < -0.3 is 19.9 Å². The molecule has 6 nitrogen and oxygen atoms in total. The van der Waals surface area contributed by atoms with Crippen molar-refractivity contribution in [2.75, 3.05) is 19.6 Å². The lowest BCUT2D eigenvalue weighted by Crippen LogP contribution is -2.55. The van der Waals surface area contributed by atoms with Crippen molar-refractivity contribution in [1.82, 2.24) is 10.2 Å².